The predicted octanol–water partition coefficient (Wildman–Crippen LogP) is -5.52. The van der Waals surface area contributed by atoms with Crippen LogP contribution in [0.4, 0.5) is 0 Å². The summed E-state index contributed by atoms with van der Waals surface area (Å²) in [5.41, 5.74) is 0. The highest BCUT2D eigenvalue weighted by Gasteiger charge is 2.53. The van der Waals surface area contributed by atoms with Crippen LogP contribution < -0.4 is 0 Å². The Kier molecular flexibility index (Phi) is 8.44. The Morgan fingerprint density at radius 1 is 0.562 bits per heavy atom. The summed E-state index contributed by atoms with van der Waals surface area (Å²) in [5.74, 6) is 0. The molecule has 3 rings (SSSR count). The van der Waals surface area contributed by atoms with Crippen LogP contribution in [0.25, 0.3) is 0 Å². The number of aliphatic hydroxyl groups excluding tert-OH is 9. The van der Waals surface area contributed by atoms with E-state index in [1.54, 1.807) is 0 Å². The maximum Gasteiger partial charge on any atom is 0.187 e. The molecule has 3 aliphatic rings. The lowest BCUT2D eigenvalue weighted by Gasteiger charge is -2.48. The minimum absolute atomic E-state index is 0.732. The average molecular weight is 472 g/mol. The first-order valence-electron chi connectivity index (χ1n) is 10.3. The quantitative estimate of drug-likeness (QED) is 0.182. The SMILES string of the molecule is C[C@@H]1O[C@@H](O[C@@H]2[C@H](O[C@H]3O[C@@H](C)[C@@H](O)[C@@H](O)[C@@H]3O)[C@@H](O)[C@@H](O)O[C@@H]2CO)[C@@H](O)[C@H](O)[C@@H]1O. The van der Waals surface area contributed by atoms with Crippen molar-refractivity contribution in [2.75, 3.05) is 6.61 Å². The van der Waals surface area contributed by atoms with Gasteiger partial charge < -0.3 is 69.6 Å². The minimum Gasteiger partial charge on any atom is -0.394 e. The molecule has 188 valence electrons. The molecule has 0 amide bonds. The van der Waals surface area contributed by atoms with Gasteiger partial charge in [0.15, 0.2) is 18.9 Å². The van der Waals surface area contributed by atoms with Crippen molar-refractivity contribution >= 4 is 0 Å². The molecule has 0 aromatic carbocycles. The Bertz CT molecular complexity index is 574. The normalized spacial score (nSPS) is 55.0. The van der Waals surface area contributed by atoms with Crippen LogP contribution in [0.2, 0.25) is 0 Å². The summed E-state index contributed by atoms with van der Waals surface area (Å²) < 4.78 is 27.1. The molecule has 3 saturated heterocycles. The van der Waals surface area contributed by atoms with E-state index in [0.29, 0.717) is 0 Å². The van der Waals surface area contributed by atoms with Crippen LogP contribution in [0.15, 0.2) is 0 Å². The van der Waals surface area contributed by atoms with Gasteiger partial charge in [-0.2, -0.15) is 0 Å². The fourth-order valence-electron chi connectivity index (χ4n) is 3.94. The van der Waals surface area contributed by atoms with Crippen molar-refractivity contribution in [3.8, 4) is 0 Å². The third-order valence-corrected chi connectivity index (χ3v) is 6.01. The number of ether oxygens (including phenoxy) is 5. The molecule has 0 aromatic rings. The highest BCUT2D eigenvalue weighted by molar-refractivity contribution is 4.95. The molecule has 3 heterocycles. The van der Waals surface area contributed by atoms with Gasteiger partial charge in [0.25, 0.3) is 0 Å². The van der Waals surface area contributed by atoms with Gasteiger partial charge in [0.1, 0.15) is 61.0 Å². The van der Waals surface area contributed by atoms with Gasteiger partial charge in [-0.1, -0.05) is 0 Å². The molecule has 3 aliphatic heterocycles. The second-order valence-corrected chi connectivity index (χ2v) is 8.30. The summed E-state index contributed by atoms with van der Waals surface area (Å²) in [6, 6.07) is 0. The molecule has 14 nitrogen and oxygen atoms in total. The van der Waals surface area contributed by atoms with E-state index >= 15 is 0 Å². The Morgan fingerprint density at radius 2 is 1.00 bits per heavy atom. The first-order valence-corrected chi connectivity index (χ1v) is 10.3. The van der Waals surface area contributed by atoms with E-state index in [2.05, 4.69) is 0 Å². The number of hydrogen-bond acceptors (Lipinski definition) is 14. The Hall–Kier alpha value is -0.560. The van der Waals surface area contributed by atoms with E-state index in [1.165, 1.54) is 13.8 Å². The second kappa shape index (κ2) is 10.4. The second-order valence-electron chi connectivity index (χ2n) is 8.30. The molecular formula is C18H32O14. The first-order chi connectivity index (χ1) is 15.0. The number of aliphatic hydroxyl groups is 9. The maximum absolute atomic E-state index is 10.5. The minimum atomic E-state index is -1.84. The van der Waals surface area contributed by atoms with Crippen LogP contribution in [0.1, 0.15) is 13.8 Å². The van der Waals surface area contributed by atoms with Gasteiger partial charge in [-0.25, -0.2) is 0 Å². The fraction of sp³-hybridized carbons (Fsp3) is 1.00. The van der Waals surface area contributed by atoms with Crippen LogP contribution in [-0.2, 0) is 23.7 Å². The zero-order valence-electron chi connectivity index (χ0n) is 17.4. The Balaban J connectivity index is 1.82. The van der Waals surface area contributed by atoms with Crippen LogP contribution >= 0.6 is 0 Å². The van der Waals surface area contributed by atoms with Crippen molar-refractivity contribution in [1.29, 1.82) is 0 Å². The van der Waals surface area contributed by atoms with Gasteiger partial charge in [-0.15, -0.1) is 0 Å². The van der Waals surface area contributed by atoms with E-state index in [0.717, 1.165) is 0 Å². The van der Waals surface area contributed by atoms with Crippen molar-refractivity contribution in [3.63, 3.8) is 0 Å². The van der Waals surface area contributed by atoms with Crippen LogP contribution in [0.3, 0.4) is 0 Å². The molecule has 0 unspecified atom stereocenters. The van der Waals surface area contributed by atoms with Gasteiger partial charge in [0, 0.05) is 0 Å². The molecular weight excluding hydrogens is 440 g/mol. The van der Waals surface area contributed by atoms with Crippen molar-refractivity contribution in [2.24, 2.45) is 0 Å². The standard InChI is InChI=1S/C18H32O14/c1-4-7(20)9(22)11(24)17(28-4)31-14-6(3-19)30-16(27)13(26)15(14)32-18-12(25)10(23)8(21)5(2)29-18/h4-27H,3H2,1-2H3/t4-,5-,6+,7+,8+,9+,10+,11-,12-,13+,14-,15+,16-,17-,18+/m0/s1. The topological polar surface area (TPSA) is 228 Å². The molecule has 0 saturated carbocycles. The van der Waals surface area contributed by atoms with E-state index in [1.807, 2.05) is 0 Å². The molecule has 0 spiro atoms. The molecule has 0 aromatic heterocycles. The smallest absolute Gasteiger partial charge is 0.187 e. The highest BCUT2D eigenvalue weighted by atomic mass is 16.8. The average Bonchev–Trinajstić information content (AvgIpc) is 2.76. The lowest BCUT2D eigenvalue weighted by atomic mass is 9.96. The van der Waals surface area contributed by atoms with Crippen molar-refractivity contribution < 1.29 is 69.6 Å². The largest absolute Gasteiger partial charge is 0.394 e. The summed E-state index contributed by atoms with van der Waals surface area (Å²) in [4.78, 5) is 0. The lowest BCUT2D eigenvalue weighted by Crippen LogP contribution is -2.66. The molecule has 14 heteroatoms. The molecule has 15 atom stereocenters. The van der Waals surface area contributed by atoms with Gasteiger partial charge in [0.2, 0.25) is 0 Å². The first kappa shape index (κ1) is 26.1. The zero-order valence-corrected chi connectivity index (χ0v) is 17.4. The van der Waals surface area contributed by atoms with Crippen LogP contribution in [0, 0.1) is 0 Å². The third-order valence-electron chi connectivity index (χ3n) is 6.01. The van der Waals surface area contributed by atoms with Crippen molar-refractivity contribution in [2.45, 2.75) is 106 Å². The maximum atomic E-state index is 10.5. The molecule has 3 fully saturated rings. The Labute approximate surface area is 183 Å². The van der Waals surface area contributed by atoms with Gasteiger partial charge >= 0.3 is 0 Å². The van der Waals surface area contributed by atoms with Crippen molar-refractivity contribution in [3.05, 3.63) is 0 Å². The predicted molar refractivity (Wildman–Crippen MR) is 98.4 cm³/mol. The highest BCUT2D eigenvalue weighted by Crippen LogP contribution is 2.32. The van der Waals surface area contributed by atoms with Gasteiger partial charge in [0.05, 0.1) is 18.8 Å². The van der Waals surface area contributed by atoms with Crippen LogP contribution in [0.5, 0.6) is 0 Å². The molecule has 0 radical (unpaired) electrons. The molecule has 32 heavy (non-hydrogen) atoms. The van der Waals surface area contributed by atoms with E-state index in [4.69, 9.17) is 23.7 Å². The van der Waals surface area contributed by atoms with Gasteiger partial charge in [-0.3, -0.25) is 0 Å². The number of hydrogen-bond donors (Lipinski definition) is 9. The number of rotatable bonds is 5. The molecule has 0 aliphatic carbocycles. The monoisotopic (exact) mass is 472 g/mol. The fourth-order valence-corrected chi connectivity index (χ4v) is 3.94. The van der Waals surface area contributed by atoms with E-state index in [-0.39, 0.29) is 0 Å². The molecule has 9 N–H and O–H groups in total. The third kappa shape index (κ3) is 4.94. The summed E-state index contributed by atoms with van der Waals surface area (Å²) >= 11 is 0. The van der Waals surface area contributed by atoms with Crippen molar-refractivity contribution in [1.82, 2.24) is 0 Å². The van der Waals surface area contributed by atoms with Gasteiger partial charge in [-0.05, 0) is 13.8 Å². The summed E-state index contributed by atoms with van der Waals surface area (Å²) in [7, 11) is 0. The summed E-state index contributed by atoms with van der Waals surface area (Å²) in [6.07, 6.45) is -22.5. The Morgan fingerprint density at radius 3 is 1.44 bits per heavy atom. The molecule has 0 bridgehead atoms. The zero-order chi connectivity index (χ0) is 23.9. The van der Waals surface area contributed by atoms with E-state index < -0.39 is 98.7 Å². The summed E-state index contributed by atoms with van der Waals surface area (Å²) in [5, 5.41) is 90.3. The van der Waals surface area contributed by atoms with Crippen LogP contribution in [-0.4, -0.2) is 145 Å². The summed E-state index contributed by atoms with van der Waals surface area (Å²) in [6.45, 7) is 2.10. The lowest BCUT2D eigenvalue weighted by molar-refractivity contribution is -0.381. The van der Waals surface area contributed by atoms with E-state index in [9.17, 15) is 46.0 Å².